The molecule has 0 aliphatic carbocycles. The molecule has 0 aliphatic rings. The largest absolute Gasteiger partial charge is 0.389 e. The SMILES string of the molecule is CCCNC(CCCC(F)(F)F)c1cccc(Br)c1F. The van der Waals surface area contributed by atoms with Crippen molar-refractivity contribution in [3.63, 3.8) is 0 Å². The van der Waals surface area contributed by atoms with Gasteiger partial charge in [0.15, 0.2) is 0 Å². The molecule has 114 valence electrons. The molecule has 1 N–H and O–H groups in total. The highest BCUT2D eigenvalue weighted by atomic mass is 79.9. The predicted octanol–water partition coefficient (Wildman–Crippen LogP) is 5.36. The van der Waals surface area contributed by atoms with Gasteiger partial charge in [0.05, 0.1) is 4.47 Å². The van der Waals surface area contributed by atoms with E-state index in [1.807, 2.05) is 6.92 Å². The van der Waals surface area contributed by atoms with Gasteiger partial charge in [-0.05, 0) is 47.8 Å². The van der Waals surface area contributed by atoms with Crippen molar-refractivity contribution < 1.29 is 17.6 Å². The Bertz CT molecular complexity index is 420. The van der Waals surface area contributed by atoms with Crippen molar-refractivity contribution in [2.75, 3.05) is 6.54 Å². The smallest absolute Gasteiger partial charge is 0.310 e. The van der Waals surface area contributed by atoms with Crippen molar-refractivity contribution in [3.05, 3.63) is 34.1 Å². The fourth-order valence-corrected chi connectivity index (χ4v) is 2.36. The van der Waals surface area contributed by atoms with Crippen LogP contribution in [0.1, 0.15) is 44.2 Å². The van der Waals surface area contributed by atoms with Gasteiger partial charge in [-0.1, -0.05) is 19.1 Å². The van der Waals surface area contributed by atoms with Crippen molar-refractivity contribution in [2.45, 2.75) is 44.8 Å². The number of hydrogen-bond donors (Lipinski definition) is 1. The van der Waals surface area contributed by atoms with E-state index >= 15 is 0 Å². The zero-order valence-electron chi connectivity index (χ0n) is 11.2. The number of rotatable bonds is 7. The van der Waals surface area contributed by atoms with Gasteiger partial charge < -0.3 is 5.32 Å². The number of hydrogen-bond acceptors (Lipinski definition) is 1. The second-order valence-corrected chi connectivity index (χ2v) is 5.51. The maximum absolute atomic E-state index is 14.0. The van der Waals surface area contributed by atoms with Crippen LogP contribution < -0.4 is 5.32 Å². The fourth-order valence-electron chi connectivity index (χ4n) is 1.98. The molecule has 0 aliphatic heterocycles. The summed E-state index contributed by atoms with van der Waals surface area (Å²) in [7, 11) is 0. The predicted molar refractivity (Wildman–Crippen MR) is 75.0 cm³/mol. The lowest BCUT2D eigenvalue weighted by Gasteiger charge is -2.20. The molecule has 0 amide bonds. The van der Waals surface area contributed by atoms with E-state index in [4.69, 9.17) is 0 Å². The Labute approximate surface area is 124 Å². The molecule has 1 aromatic rings. The maximum atomic E-state index is 14.0. The number of nitrogens with one attached hydrogen (secondary N) is 1. The molecule has 0 aromatic heterocycles. The van der Waals surface area contributed by atoms with Gasteiger partial charge in [-0.2, -0.15) is 13.2 Å². The summed E-state index contributed by atoms with van der Waals surface area (Å²) in [6, 6.07) is 4.48. The number of halogens is 5. The summed E-state index contributed by atoms with van der Waals surface area (Å²) in [4.78, 5) is 0. The van der Waals surface area contributed by atoms with E-state index in [1.54, 1.807) is 18.2 Å². The van der Waals surface area contributed by atoms with Crippen LogP contribution in [0.4, 0.5) is 17.6 Å². The van der Waals surface area contributed by atoms with Crippen LogP contribution >= 0.6 is 15.9 Å². The highest BCUT2D eigenvalue weighted by Crippen LogP contribution is 2.29. The Balaban J connectivity index is 2.75. The second kappa shape index (κ2) is 7.98. The van der Waals surface area contributed by atoms with E-state index in [0.717, 1.165) is 6.42 Å². The van der Waals surface area contributed by atoms with Crippen molar-refractivity contribution in [3.8, 4) is 0 Å². The van der Waals surface area contributed by atoms with Crippen LogP contribution in [0.15, 0.2) is 22.7 Å². The molecule has 0 saturated heterocycles. The van der Waals surface area contributed by atoms with Crippen LogP contribution in [0.25, 0.3) is 0 Å². The average molecular weight is 356 g/mol. The minimum absolute atomic E-state index is 0.0170. The van der Waals surface area contributed by atoms with Gasteiger partial charge in [0.25, 0.3) is 0 Å². The number of alkyl halides is 3. The van der Waals surface area contributed by atoms with Crippen LogP contribution in [-0.4, -0.2) is 12.7 Å². The third-order valence-corrected chi connectivity index (χ3v) is 3.56. The minimum Gasteiger partial charge on any atom is -0.310 e. The van der Waals surface area contributed by atoms with Crippen molar-refractivity contribution in [1.29, 1.82) is 0 Å². The first-order valence-corrected chi connectivity index (χ1v) is 7.38. The molecule has 0 fully saturated rings. The third-order valence-electron chi connectivity index (χ3n) is 2.95. The average Bonchev–Trinajstić information content (AvgIpc) is 2.36. The van der Waals surface area contributed by atoms with Crippen LogP contribution in [0, 0.1) is 5.82 Å². The Morgan fingerprint density at radius 1 is 1.30 bits per heavy atom. The summed E-state index contributed by atoms with van der Waals surface area (Å²) in [6.45, 7) is 2.60. The zero-order chi connectivity index (χ0) is 15.2. The molecule has 1 unspecified atom stereocenters. The molecule has 0 bridgehead atoms. The van der Waals surface area contributed by atoms with Gasteiger partial charge in [0.1, 0.15) is 5.82 Å². The quantitative estimate of drug-likeness (QED) is 0.649. The monoisotopic (exact) mass is 355 g/mol. The van der Waals surface area contributed by atoms with Crippen molar-refractivity contribution >= 4 is 15.9 Å². The Morgan fingerprint density at radius 2 is 2.00 bits per heavy atom. The summed E-state index contributed by atoms with van der Waals surface area (Å²) in [6.07, 6.45) is -3.92. The lowest BCUT2D eigenvalue weighted by Crippen LogP contribution is -2.23. The Kier molecular flexibility index (Phi) is 6.95. The standard InChI is InChI=1S/C14H18BrF4N/c1-2-9-20-12(7-4-8-14(17,18)19)10-5-3-6-11(15)13(10)16/h3,5-6,12,20H,2,4,7-9H2,1H3. The van der Waals surface area contributed by atoms with Gasteiger partial charge in [-0.15, -0.1) is 0 Å². The lowest BCUT2D eigenvalue weighted by atomic mass is 10.00. The lowest BCUT2D eigenvalue weighted by molar-refractivity contribution is -0.135. The Morgan fingerprint density at radius 3 is 2.60 bits per heavy atom. The number of benzene rings is 1. The first-order chi connectivity index (χ1) is 9.35. The van der Waals surface area contributed by atoms with E-state index in [-0.39, 0.29) is 12.8 Å². The molecule has 1 aromatic carbocycles. The zero-order valence-corrected chi connectivity index (χ0v) is 12.8. The highest BCUT2D eigenvalue weighted by Gasteiger charge is 2.27. The summed E-state index contributed by atoms with van der Waals surface area (Å²) < 4.78 is 51.0. The van der Waals surface area contributed by atoms with E-state index in [1.165, 1.54) is 0 Å². The summed E-state index contributed by atoms with van der Waals surface area (Å²) in [5, 5.41) is 3.11. The van der Waals surface area contributed by atoms with Gasteiger partial charge in [-0.3, -0.25) is 0 Å². The summed E-state index contributed by atoms with van der Waals surface area (Å²) in [5.74, 6) is -0.409. The first kappa shape index (κ1) is 17.4. The van der Waals surface area contributed by atoms with Crippen LogP contribution in [0.3, 0.4) is 0 Å². The molecule has 1 atom stereocenters. The second-order valence-electron chi connectivity index (χ2n) is 4.66. The summed E-state index contributed by atoms with van der Waals surface area (Å²) >= 11 is 3.10. The van der Waals surface area contributed by atoms with Crippen LogP contribution in [0.5, 0.6) is 0 Å². The highest BCUT2D eigenvalue weighted by molar-refractivity contribution is 9.10. The maximum Gasteiger partial charge on any atom is 0.389 e. The molecule has 20 heavy (non-hydrogen) atoms. The molecule has 1 rings (SSSR count). The summed E-state index contributed by atoms with van der Waals surface area (Å²) in [5.41, 5.74) is 0.412. The van der Waals surface area contributed by atoms with Crippen LogP contribution in [0.2, 0.25) is 0 Å². The van der Waals surface area contributed by atoms with E-state index in [9.17, 15) is 17.6 Å². The molecule has 1 nitrogen and oxygen atoms in total. The van der Waals surface area contributed by atoms with Gasteiger partial charge in [0.2, 0.25) is 0 Å². The van der Waals surface area contributed by atoms with Crippen molar-refractivity contribution in [1.82, 2.24) is 5.32 Å². The Hall–Kier alpha value is -0.620. The normalized spacial score (nSPS) is 13.5. The fraction of sp³-hybridized carbons (Fsp3) is 0.571. The van der Waals surface area contributed by atoms with Gasteiger partial charge in [0, 0.05) is 18.0 Å². The molecule has 0 spiro atoms. The molecule has 0 saturated carbocycles. The van der Waals surface area contributed by atoms with E-state index in [2.05, 4.69) is 21.2 Å². The minimum atomic E-state index is -4.16. The molecule has 0 heterocycles. The third kappa shape index (κ3) is 5.79. The molecular formula is C14H18BrF4N. The van der Waals surface area contributed by atoms with E-state index < -0.39 is 24.5 Å². The van der Waals surface area contributed by atoms with Crippen molar-refractivity contribution in [2.24, 2.45) is 0 Å². The van der Waals surface area contributed by atoms with Crippen LogP contribution in [-0.2, 0) is 0 Å². The molecular weight excluding hydrogens is 338 g/mol. The van der Waals surface area contributed by atoms with Gasteiger partial charge >= 0.3 is 6.18 Å². The topological polar surface area (TPSA) is 12.0 Å². The molecule has 0 radical (unpaired) electrons. The molecule has 6 heteroatoms. The van der Waals surface area contributed by atoms with E-state index in [0.29, 0.717) is 16.6 Å². The van der Waals surface area contributed by atoms with Gasteiger partial charge in [-0.25, -0.2) is 4.39 Å². The first-order valence-electron chi connectivity index (χ1n) is 6.59.